The number of hydrogen-bond acceptors (Lipinski definition) is 2. The summed E-state index contributed by atoms with van der Waals surface area (Å²) in [7, 11) is 0. The Balaban J connectivity index is 3.36. The summed E-state index contributed by atoms with van der Waals surface area (Å²) in [5.74, 6) is -0.309. The predicted octanol–water partition coefficient (Wildman–Crippen LogP) is 2.35. The van der Waals surface area contributed by atoms with Gasteiger partial charge in [-0.1, -0.05) is 12.1 Å². The van der Waals surface area contributed by atoms with Crippen molar-refractivity contribution in [3.05, 3.63) is 40.7 Å². The molecule has 0 bridgehead atoms. The second-order valence-electron chi connectivity index (χ2n) is 3.06. The lowest BCUT2D eigenvalue weighted by Crippen LogP contribution is -2.02. The van der Waals surface area contributed by atoms with Crippen LogP contribution < -0.4 is 5.73 Å². The first-order valence-corrected chi connectivity index (χ1v) is 4.20. The van der Waals surface area contributed by atoms with Crippen molar-refractivity contribution < 1.29 is 4.39 Å². The van der Waals surface area contributed by atoms with Crippen LogP contribution in [-0.2, 0) is 0 Å². The largest absolute Gasteiger partial charge is 0.397 e. The molecular weight excluding hydrogens is 179 g/mol. The van der Waals surface area contributed by atoms with E-state index in [4.69, 9.17) is 11.0 Å². The quantitative estimate of drug-likeness (QED) is 0.691. The number of nitrogens with zero attached hydrogens (tertiary/aromatic N) is 1. The lowest BCUT2D eigenvalue weighted by molar-refractivity contribution is 0.618. The zero-order valence-electron chi connectivity index (χ0n) is 8.13. The summed E-state index contributed by atoms with van der Waals surface area (Å²) in [6, 6.07) is 6.59. The molecule has 0 aliphatic carbocycles. The highest BCUT2D eigenvalue weighted by Crippen LogP contribution is 2.19. The van der Waals surface area contributed by atoms with Crippen molar-refractivity contribution in [2.24, 2.45) is 5.73 Å². The number of halogens is 1. The van der Waals surface area contributed by atoms with Crippen molar-refractivity contribution in [2.45, 2.75) is 13.8 Å². The Hall–Kier alpha value is -1.82. The lowest BCUT2D eigenvalue weighted by Gasteiger charge is -2.07. The minimum absolute atomic E-state index is 0.309. The zero-order valence-corrected chi connectivity index (χ0v) is 8.13. The summed E-state index contributed by atoms with van der Waals surface area (Å²) in [6.07, 6.45) is 0. The van der Waals surface area contributed by atoms with Gasteiger partial charge in [-0.2, -0.15) is 5.26 Å². The molecule has 1 rings (SSSR count). The number of nitriles is 1. The minimum Gasteiger partial charge on any atom is -0.397 e. The van der Waals surface area contributed by atoms with Gasteiger partial charge in [0.2, 0.25) is 0 Å². The van der Waals surface area contributed by atoms with Crippen molar-refractivity contribution in [3.63, 3.8) is 0 Å². The van der Waals surface area contributed by atoms with E-state index >= 15 is 0 Å². The molecule has 0 saturated heterocycles. The van der Waals surface area contributed by atoms with Crippen molar-refractivity contribution in [2.75, 3.05) is 0 Å². The standard InChI is InChI=1S/C11H11FN2/c1-7(6-13)11(14)9-4-3-5-10(12)8(9)2/h3-5H,14H2,1-2H3/b11-7-. The van der Waals surface area contributed by atoms with Crippen LogP contribution >= 0.6 is 0 Å². The first-order valence-electron chi connectivity index (χ1n) is 4.20. The van der Waals surface area contributed by atoms with Gasteiger partial charge in [0.15, 0.2) is 0 Å². The molecular formula is C11H11FN2. The van der Waals surface area contributed by atoms with Gasteiger partial charge in [-0.05, 0) is 25.5 Å². The lowest BCUT2D eigenvalue weighted by atomic mass is 10.0. The average Bonchev–Trinajstić information content (AvgIpc) is 2.20. The van der Waals surface area contributed by atoms with Gasteiger partial charge >= 0.3 is 0 Å². The second kappa shape index (κ2) is 3.93. The topological polar surface area (TPSA) is 49.8 Å². The molecule has 3 heteroatoms. The van der Waals surface area contributed by atoms with Crippen molar-refractivity contribution >= 4 is 5.70 Å². The molecule has 0 aromatic heterocycles. The summed E-state index contributed by atoms with van der Waals surface area (Å²) in [5.41, 5.74) is 7.51. The minimum atomic E-state index is -0.309. The van der Waals surface area contributed by atoms with Crippen LogP contribution in [-0.4, -0.2) is 0 Å². The van der Waals surface area contributed by atoms with Gasteiger partial charge in [-0.15, -0.1) is 0 Å². The Kier molecular flexibility index (Phi) is 2.88. The van der Waals surface area contributed by atoms with Crippen LogP contribution in [0.4, 0.5) is 4.39 Å². The molecule has 2 N–H and O–H groups in total. The molecule has 1 aromatic carbocycles. The number of nitrogens with two attached hydrogens (primary N) is 1. The molecule has 14 heavy (non-hydrogen) atoms. The van der Waals surface area contributed by atoms with Gasteiger partial charge in [0.1, 0.15) is 5.82 Å². The molecule has 0 radical (unpaired) electrons. The SMILES string of the molecule is C/C(C#N)=C(/N)c1cccc(F)c1C. The van der Waals surface area contributed by atoms with Gasteiger partial charge in [0.25, 0.3) is 0 Å². The van der Waals surface area contributed by atoms with Gasteiger partial charge < -0.3 is 5.73 Å². The molecule has 72 valence electrons. The maximum absolute atomic E-state index is 13.1. The van der Waals surface area contributed by atoms with E-state index in [-0.39, 0.29) is 5.82 Å². The normalized spacial score (nSPS) is 11.9. The van der Waals surface area contributed by atoms with E-state index in [0.717, 1.165) is 0 Å². The Morgan fingerprint density at radius 1 is 1.50 bits per heavy atom. The molecule has 1 aromatic rings. The first kappa shape index (κ1) is 10.3. The van der Waals surface area contributed by atoms with Crippen LogP contribution in [0.3, 0.4) is 0 Å². The number of benzene rings is 1. The fourth-order valence-corrected chi connectivity index (χ4v) is 1.16. The van der Waals surface area contributed by atoms with E-state index in [2.05, 4.69) is 0 Å². The number of allylic oxidation sites excluding steroid dienone is 1. The van der Waals surface area contributed by atoms with E-state index in [1.165, 1.54) is 6.07 Å². The molecule has 0 aliphatic heterocycles. The van der Waals surface area contributed by atoms with Crippen LogP contribution in [0.5, 0.6) is 0 Å². The smallest absolute Gasteiger partial charge is 0.126 e. The molecule has 2 nitrogen and oxygen atoms in total. The Bertz CT molecular complexity index is 427. The Labute approximate surface area is 82.5 Å². The average molecular weight is 190 g/mol. The highest BCUT2D eigenvalue weighted by Gasteiger charge is 2.07. The Morgan fingerprint density at radius 2 is 2.14 bits per heavy atom. The maximum atomic E-state index is 13.1. The summed E-state index contributed by atoms with van der Waals surface area (Å²) in [5, 5.41) is 8.65. The first-order chi connectivity index (χ1) is 6.57. The molecule has 0 heterocycles. The third-order valence-corrected chi connectivity index (χ3v) is 2.13. The molecule has 0 aliphatic rings. The molecule has 0 unspecified atom stereocenters. The molecule has 0 saturated carbocycles. The summed E-state index contributed by atoms with van der Waals surface area (Å²) >= 11 is 0. The van der Waals surface area contributed by atoms with E-state index in [1.54, 1.807) is 26.0 Å². The third-order valence-electron chi connectivity index (χ3n) is 2.13. The summed E-state index contributed by atoms with van der Waals surface area (Å²) in [6.45, 7) is 3.25. The van der Waals surface area contributed by atoms with E-state index in [9.17, 15) is 4.39 Å². The maximum Gasteiger partial charge on any atom is 0.126 e. The van der Waals surface area contributed by atoms with Gasteiger partial charge in [0, 0.05) is 11.1 Å². The van der Waals surface area contributed by atoms with Crippen LogP contribution in [0.2, 0.25) is 0 Å². The van der Waals surface area contributed by atoms with Crippen molar-refractivity contribution in [3.8, 4) is 6.07 Å². The van der Waals surface area contributed by atoms with Crippen molar-refractivity contribution in [1.82, 2.24) is 0 Å². The number of hydrogen-bond donors (Lipinski definition) is 1. The molecule has 0 amide bonds. The fraction of sp³-hybridized carbons (Fsp3) is 0.182. The highest BCUT2D eigenvalue weighted by molar-refractivity contribution is 5.70. The molecule has 0 fully saturated rings. The fourth-order valence-electron chi connectivity index (χ4n) is 1.16. The molecule has 0 atom stereocenters. The van der Waals surface area contributed by atoms with Gasteiger partial charge in [-0.25, -0.2) is 4.39 Å². The zero-order chi connectivity index (χ0) is 10.7. The number of rotatable bonds is 1. The van der Waals surface area contributed by atoms with E-state index in [1.807, 2.05) is 6.07 Å². The van der Waals surface area contributed by atoms with Crippen LogP contribution in [0.15, 0.2) is 23.8 Å². The highest BCUT2D eigenvalue weighted by atomic mass is 19.1. The predicted molar refractivity (Wildman–Crippen MR) is 53.5 cm³/mol. The third kappa shape index (κ3) is 1.74. The second-order valence-corrected chi connectivity index (χ2v) is 3.06. The van der Waals surface area contributed by atoms with Crippen LogP contribution in [0.25, 0.3) is 5.70 Å². The van der Waals surface area contributed by atoms with Crippen LogP contribution in [0, 0.1) is 24.1 Å². The monoisotopic (exact) mass is 190 g/mol. The van der Waals surface area contributed by atoms with Crippen molar-refractivity contribution in [1.29, 1.82) is 5.26 Å². The molecule has 0 spiro atoms. The van der Waals surface area contributed by atoms with Gasteiger partial charge in [0.05, 0.1) is 11.8 Å². The Morgan fingerprint density at radius 3 is 2.71 bits per heavy atom. The van der Waals surface area contributed by atoms with Crippen LogP contribution in [0.1, 0.15) is 18.1 Å². The van der Waals surface area contributed by atoms with Gasteiger partial charge in [-0.3, -0.25) is 0 Å². The summed E-state index contributed by atoms with van der Waals surface area (Å²) in [4.78, 5) is 0. The van der Waals surface area contributed by atoms with E-state index in [0.29, 0.717) is 22.4 Å². The van der Waals surface area contributed by atoms with E-state index < -0.39 is 0 Å². The summed E-state index contributed by atoms with van der Waals surface area (Å²) < 4.78 is 13.1.